The third-order valence-corrected chi connectivity index (χ3v) is 5.96. The zero-order valence-corrected chi connectivity index (χ0v) is 11.2. The molecule has 0 aliphatic carbocycles. The zero-order valence-electron chi connectivity index (χ0n) is 10.3. The van der Waals surface area contributed by atoms with E-state index in [2.05, 4.69) is 0 Å². The van der Waals surface area contributed by atoms with Gasteiger partial charge in [0.2, 0.25) is 0 Å². The average Bonchev–Trinajstić information content (AvgIpc) is 2.63. The Kier molecular flexibility index (Phi) is 4.76. The maximum Gasteiger partial charge on any atom is 0.157 e. The lowest BCUT2D eigenvalue weighted by Crippen LogP contribution is -2.40. The van der Waals surface area contributed by atoms with Crippen LogP contribution in [0.2, 0.25) is 0 Å². The predicted molar refractivity (Wildman–Crippen MR) is 65.0 cm³/mol. The fraction of sp³-hybridized carbons (Fsp3) is 1.00. The molecule has 4 nitrogen and oxygen atoms in total. The first-order valence-corrected chi connectivity index (χ1v) is 7.68. The molecule has 4 atom stereocenters. The fourth-order valence-electron chi connectivity index (χ4n) is 2.04. The molecular weight excluding hydrogens is 226 g/mol. The van der Waals surface area contributed by atoms with E-state index >= 15 is 0 Å². The van der Waals surface area contributed by atoms with Gasteiger partial charge in [0.15, 0.2) is 9.84 Å². The van der Waals surface area contributed by atoms with Crippen LogP contribution < -0.4 is 5.73 Å². The summed E-state index contributed by atoms with van der Waals surface area (Å²) in [5, 5.41) is -0.359. The highest BCUT2D eigenvalue weighted by atomic mass is 32.2. The van der Waals surface area contributed by atoms with Crippen molar-refractivity contribution in [1.82, 2.24) is 0 Å². The lowest BCUT2D eigenvalue weighted by Gasteiger charge is -2.21. The summed E-state index contributed by atoms with van der Waals surface area (Å²) in [5.41, 5.74) is 5.91. The molecule has 0 aromatic rings. The molecule has 1 aliphatic rings. The topological polar surface area (TPSA) is 69.4 Å². The van der Waals surface area contributed by atoms with Crippen LogP contribution in [0.25, 0.3) is 0 Å². The Morgan fingerprint density at radius 1 is 1.50 bits per heavy atom. The molecular formula is C11H23NO3S. The van der Waals surface area contributed by atoms with Gasteiger partial charge in [-0.15, -0.1) is 0 Å². The van der Waals surface area contributed by atoms with Crippen molar-refractivity contribution in [3.63, 3.8) is 0 Å². The van der Waals surface area contributed by atoms with Gasteiger partial charge in [-0.2, -0.15) is 0 Å². The molecule has 1 fully saturated rings. The van der Waals surface area contributed by atoms with Gasteiger partial charge in [0, 0.05) is 12.6 Å². The summed E-state index contributed by atoms with van der Waals surface area (Å²) in [6.07, 6.45) is 1.33. The van der Waals surface area contributed by atoms with Gasteiger partial charge < -0.3 is 10.5 Å². The minimum atomic E-state index is -3.11. The number of nitrogens with two attached hydrogens (primary N) is 1. The molecule has 5 heteroatoms. The molecule has 0 amide bonds. The molecule has 96 valence electrons. The van der Waals surface area contributed by atoms with Crippen molar-refractivity contribution >= 4 is 9.84 Å². The number of ether oxygens (including phenoxy) is 1. The number of hydrogen-bond acceptors (Lipinski definition) is 4. The highest BCUT2D eigenvalue weighted by Crippen LogP contribution is 2.22. The summed E-state index contributed by atoms with van der Waals surface area (Å²) >= 11 is 0. The van der Waals surface area contributed by atoms with Crippen LogP contribution in [-0.4, -0.2) is 38.2 Å². The van der Waals surface area contributed by atoms with Gasteiger partial charge in [0.05, 0.1) is 17.1 Å². The van der Waals surface area contributed by atoms with Gasteiger partial charge in [0.25, 0.3) is 0 Å². The molecule has 0 aromatic heterocycles. The summed E-state index contributed by atoms with van der Waals surface area (Å²) in [4.78, 5) is 0. The first-order valence-electron chi connectivity index (χ1n) is 5.97. The first kappa shape index (κ1) is 13.9. The van der Waals surface area contributed by atoms with E-state index in [1.54, 1.807) is 0 Å². The SMILES string of the molecule is CCC(C)C(N)CS(=O)(=O)C1CCOC1C. The third-order valence-electron chi connectivity index (χ3n) is 3.57. The van der Waals surface area contributed by atoms with Crippen molar-refractivity contribution < 1.29 is 13.2 Å². The normalized spacial score (nSPS) is 30.2. The minimum absolute atomic E-state index is 0.0837. The molecule has 0 radical (unpaired) electrons. The fourth-order valence-corrected chi connectivity index (χ4v) is 4.27. The molecule has 0 saturated carbocycles. The smallest absolute Gasteiger partial charge is 0.157 e. The summed E-state index contributed by atoms with van der Waals surface area (Å²) in [6.45, 7) is 6.39. The van der Waals surface area contributed by atoms with Crippen LogP contribution in [0.1, 0.15) is 33.6 Å². The molecule has 0 aromatic carbocycles. The lowest BCUT2D eigenvalue weighted by molar-refractivity contribution is 0.126. The maximum atomic E-state index is 12.1. The van der Waals surface area contributed by atoms with E-state index < -0.39 is 9.84 Å². The predicted octanol–water partition coefficient (Wildman–Crippen LogP) is 0.952. The summed E-state index contributed by atoms with van der Waals surface area (Å²) in [6, 6.07) is -0.261. The molecule has 1 heterocycles. The zero-order chi connectivity index (χ0) is 12.3. The van der Waals surface area contributed by atoms with Crippen LogP contribution in [0.15, 0.2) is 0 Å². The monoisotopic (exact) mass is 249 g/mol. The van der Waals surface area contributed by atoms with Crippen LogP contribution >= 0.6 is 0 Å². The van der Waals surface area contributed by atoms with E-state index in [0.29, 0.717) is 13.0 Å². The van der Waals surface area contributed by atoms with Gasteiger partial charge in [-0.05, 0) is 19.3 Å². The molecule has 0 bridgehead atoms. The highest BCUT2D eigenvalue weighted by molar-refractivity contribution is 7.92. The van der Waals surface area contributed by atoms with E-state index in [1.807, 2.05) is 20.8 Å². The Labute approximate surface area is 98.5 Å². The Morgan fingerprint density at radius 3 is 2.56 bits per heavy atom. The van der Waals surface area contributed by atoms with Crippen molar-refractivity contribution in [2.75, 3.05) is 12.4 Å². The highest BCUT2D eigenvalue weighted by Gasteiger charge is 2.36. The Balaban J connectivity index is 2.64. The third kappa shape index (κ3) is 3.18. The number of hydrogen-bond donors (Lipinski definition) is 1. The molecule has 0 spiro atoms. The quantitative estimate of drug-likeness (QED) is 0.787. The van der Waals surface area contributed by atoms with Gasteiger partial charge in [-0.25, -0.2) is 8.42 Å². The second-order valence-electron chi connectivity index (χ2n) is 4.78. The van der Waals surface area contributed by atoms with Crippen LogP contribution in [0.5, 0.6) is 0 Å². The standard InChI is InChI=1S/C11H23NO3S/c1-4-8(2)10(12)7-16(13,14)11-5-6-15-9(11)3/h8-11H,4-7,12H2,1-3H3. The van der Waals surface area contributed by atoms with E-state index in [-0.39, 0.29) is 29.1 Å². The Bertz CT molecular complexity index is 315. The van der Waals surface area contributed by atoms with Crippen LogP contribution in [0.3, 0.4) is 0 Å². The van der Waals surface area contributed by atoms with Crippen molar-refractivity contribution in [2.24, 2.45) is 11.7 Å². The Hall–Kier alpha value is -0.130. The largest absolute Gasteiger partial charge is 0.377 e. The van der Waals surface area contributed by atoms with Gasteiger partial charge in [0.1, 0.15) is 0 Å². The average molecular weight is 249 g/mol. The lowest BCUT2D eigenvalue weighted by atomic mass is 10.0. The molecule has 1 rings (SSSR count). The van der Waals surface area contributed by atoms with Gasteiger partial charge in [-0.3, -0.25) is 0 Å². The van der Waals surface area contributed by atoms with Gasteiger partial charge >= 0.3 is 0 Å². The van der Waals surface area contributed by atoms with E-state index in [1.165, 1.54) is 0 Å². The van der Waals surface area contributed by atoms with Crippen molar-refractivity contribution in [3.05, 3.63) is 0 Å². The summed E-state index contributed by atoms with van der Waals surface area (Å²) in [7, 11) is -3.11. The van der Waals surface area contributed by atoms with Crippen LogP contribution in [0.4, 0.5) is 0 Å². The summed E-state index contributed by atoms with van der Waals surface area (Å²) in [5.74, 6) is 0.327. The maximum absolute atomic E-state index is 12.1. The molecule has 1 saturated heterocycles. The minimum Gasteiger partial charge on any atom is -0.377 e. The summed E-state index contributed by atoms with van der Waals surface area (Å²) < 4.78 is 29.5. The number of rotatable bonds is 5. The van der Waals surface area contributed by atoms with Crippen molar-refractivity contribution in [1.29, 1.82) is 0 Å². The van der Waals surface area contributed by atoms with Gasteiger partial charge in [-0.1, -0.05) is 20.3 Å². The van der Waals surface area contributed by atoms with Crippen molar-refractivity contribution in [2.45, 2.75) is 51.0 Å². The van der Waals surface area contributed by atoms with E-state index in [4.69, 9.17) is 10.5 Å². The van der Waals surface area contributed by atoms with Crippen LogP contribution in [0, 0.1) is 5.92 Å². The first-order chi connectivity index (χ1) is 7.38. The molecule has 1 aliphatic heterocycles. The molecule has 16 heavy (non-hydrogen) atoms. The van der Waals surface area contributed by atoms with Crippen LogP contribution in [-0.2, 0) is 14.6 Å². The molecule has 4 unspecified atom stereocenters. The second-order valence-corrected chi connectivity index (χ2v) is 7.05. The van der Waals surface area contributed by atoms with Crippen molar-refractivity contribution in [3.8, 4) is 0 Å². The second kappa shape index (κ2) is 5.47. The Morgan fingerprint density at radius 2 is 2.12 bits per heavy atom. The number of sulfone groups is 1. The van der Waals surface area contributed by atoms with E-state index in [9.17, 15) is 8.42 Å². The van der Waals surface area contributed by atoms with E-state index in [0.717, 1.165) is 6.42 Å². The molecule has 2 N–H and O–H groups in total.